The molecule has 1 heterocycles. The predicted molar refractivity (Wildman–Crippen MR) is 73.5 cm³/mol. The van der Waals surface area contributed by atoms with E-state index < -0.39 is 6.10 Å². The quantitative estimate of drug-likeness (QED) is 0.796. The Balaban J connectivity index is 2.63. The maximum Gasteiger partial charge on any atom is 0.254 e. The maximum absolute atomic E-state index is 12.0. The minimum absolute atomic E-state index is 0.0484. The Morgan fingerprint density at radius 1 is 1.67 bits per heavy atom. The van der Waals surface area contributed by atoms with Crippen LogP contribution in [0.2, 0.25) is 0 Å². The smallest absolute Gasteiger partial charge is 0.254 e. The molecular formula is C13H18N2O2S. The van der Waals surface area contributed by atoms with Crippen LogP contribution in [0, 0.1) is 11.8 Å². The summed E-state index contributed by atoms with van der Waals surface area (Å²) >= 11 is 1.43. The van der Waals surface area contributed by atoms with E-state index in [4.69, 9.17) is 5.73 Å². The van der Waals surface area contributed by atoms with Gasteiger partial charge in [-0.15, -0.1) is 11.3 Å². The number of rotatable bonds is 4. The molecule has 0 radical (unpaired) electrons. The van der Waals surface area contributed by atoms with Crippen LogP contribution in [0.15, 0.2) is 11.4 Å². The van der Waals surface area contributed by atoms with E-state index in [9.17, 15) is 9.90 Å². The van der Waals surface area contributed by atoms with Crippen LogP contribution in [0.4, 0.5) is 0 Å². The Bertz CT molecular complexity index is 457. The van der Waals surface area contributed by atoms with Crippen LogP contribution >= 0.6 is 11.3 Å². The van der Waals surface area contributed by atoms with E-state index >= 15 is 0 Å². The number of hydrogen-bond acceptors (Lipinski definition) is 4. The summed E-state index contributed by atoms with van der Waals surface area (Å²) in [5, 5.41) is 11.0. The summed E-state index contributed by atoms with van der Waals surface area (Å²) in [5.41, 5.74) is 5.92. The number of carbonyl (C=O) groups is 1. The second-order valence-electron chi connectivity index (χ2n) is 4.07. The molecule has 1 atom stereocenters. The van der Waals surface area contributed by atoms with E-state index in [-0.39, 0.29) is 5.91 Å². The minimum atomic E-state index is -0.395. The summed E-state index contributed by atoms with van der Waals surface area (Å²) in [6.45, 7) is 2.56. The summed E-state index contributed by atoms with van der Waals surface area (Å²) in [4.78, 5) is 14.5. The number of aliphatic hydroxyl groups excluding tert-OH is 1. The molecule has 0 bridgehead atoms. The molecule has 0 aliphatic carbocycles. The second-order valence-corrected chi connectivity index (χ2v) is 4.98. The molecule has 3 N–H and O–H groups in total. The van der Waals surface area contributed by atoms with Crippen molar-refractivity contribution in [2.45, 2.75) is 19.4 Å². The molecule has 98 valence electrons. The molecule has 1 aromatic rings. The van der Waals surface area contributed by atoms with Gasteiger partial charge < -0.3 is 15.7 Å². The lowest BCUT2D eigenvalue weighted by Crippen LogP contribution is -2.29. The molecule has 4 nitrogen and oxygen atoms in total. The third-order valence-electron chi connectivity index (χ3n) is 2.39. The molecule has 1 rings (SSSR count). The number of carbonyl (C=O) groups excluding carboxylic acids is 1. The van der Waals surface area contributed by atoms with Gasteiger partial charge in [0, 0.05) is 19.0 Å². The first kappa shape index (κ1) is 14.7. The third kappa shape index (κ3) is 4.49. The molecule has 0 saturated carbocycles. The van der Waals surface area contributed by atoms with Crippen LogP contribution in [0.3, 0.4) is 0 Å². The maximum atomic E-state index is 12.0. The molecule has 0 aliphatic heterocycles. The van der Waals surface area contributed by atoms with E-state index in [1.807, 2.05) is 0 Å². The number of nitrogens with zero attached hydrogens (tertiary/aromatic N) is 1. The van der Waals surface area contributed by atoms with Gasteiger partial charge in [0.25, 0.3) is 5.91 Å². The van der Waals surface area contributed by atoms with Gasteiger partial charge >= 0.3 is 0 Å². The molecule has 0 saturated heterocycles. The molecule has 0 fully saturated rings. The highest BCUT2D eigenvalue weighted by atomic mass is 32.1. The largest absolute Gasteiger partial charge is 0.393 e. The van der Waals surface area contributed by atoms with E-state index in [1.54, 1.807) is 30.3 Å². The van der Waals surface area contributed by atoms with Crippen molar-refractivity contribution in [3.05, 3.63) is 21.9 Å². The molecule has 18 heavy (non-hydrogen) atoms. The van der Waals surface area contributed by atoms with E-state index in [1.165, 1.54) is 11.3 Å². The van der Waals surface area contributed by atoms with Gasteiger partial charge in [-0.2, -0.15) is 0 Å². The number of nitrogens with two attached hydrogens (primary N) is 1. The van der Waals surface area contributed by atoms with Gasteiger partial charge in [0.05, 0.1) is 23.1 Å². The summed E-state index contributed by atoms with van der Waals surface area (Å²) < 4.78 is 0. The van der Waals surface area contributed by atoms with Gasteiger partial charge in [-0.25, -0.2) is 0 Å². The van der Waals surface area contributed by atoms with Crippen LogP contribution in [0.25, 0.3) is 0 Å². The lowest BCUT2D eigenvalue weighted by molar-refractivity contribution is 0.0769. The van der Waals surface area contributed by atoms with Crippen LogP contribution in [0.1, 0.15) is 28.6 Å². The number of amides is 1. The van der Waals surface area contributed by atoms with Crippen molar-refractivity contribution in [2.75, 3.05) is 20.1 Å². The fourth-order valence-electron chi connectivity index (χ4n) is 1.35. The molecule has 0 aromatic carbocycles. The van der Waals surface area contributed by atoms with Crippen molar-refractivity contribution >= 4 is 17.2 Å². The first-order chi connectivity index (χ1) is 8.54. The third-order valence-corrected chi connectivity index (χ3v) is 3.23. The van der Waals surface area contributed by atoms with Gasteiger partial charge in [0.2, 0.25) is 0 Å². The molecule has 0 aliphatic rings. The highest BCUT2D eigenvalue weighted by Crippen LogP contribution is 2.15. The van der Waals surface area contributed by atoms with Crippen molar-refractivity contribution < 1.29 is 9.90 Å². The Labute approximate surface area is 111 Å². The lowest BCUT2D eigenvalue weighted by atomic mass is 10.2. The zero-order valence-electron chi connectivity index (χ0n) is 10.6. The zero-order chi connectivity index (χ0) is 13.5. The van der Waals surface area contributed by atoms with Crippen molar-refractivity contribution in [1.82, 2.24) is 4.90 Å². The van der Waals surface area contributed by atoms with E-state index in [0.717, 1.165) is 4.88 Å². The van der Waals surface area contributed by atoms with Crippen LogP contribution in [-0.2, 0) is 0 Å². The van der Waals surface area contributed by atoms with Gasteiger partial charge in [-0.1, -0.05) is 11.8 Å². The minimum Gasteiger partial charge on any atom is -0.393 e. The highest BCUT2D eigenvalue weighted by Gasteiger charge is 2.13. The molecule has 0 spiro atoms. The van der Waals surface area contributed by atoms with Crippen LogP contribution in [0.5, 0.6) is 0 Å². The van der Waals surface area contributed by atoms with Crippen molar-refractivity contribution in [1.29, 1.82) is 0 Å². The van der Waals surface area contributed by atoms with E-state index in [0.29, 0.717) is 25.1 Å². The standard InChI is InChI=1S/C13H18N2O2S/c1-10(16)5-7-15(2)13(17)11-8-12(18-9-11)4-3-6-14/h8-10,16H,5-7,14H2,1-2H3. The van der Waals surface area contributed by atoms with Crippen LogP contribution < -0.4 is 5.73 Å². The first-order valence-electron chi connectivity index (χ1n) is 5.75. The Kier molecular flexibility index (Phi) is 5.86. The fraction of sp³-hybridized carbons (Fsp3) is 0.462. The van der Waals surface area contributed by atoms with Gasteiger partial charge in [0.1, 0.15) is 0 Å². The molecule has 1 unspecified atom stereocenters. The fourth-order valence-corrected chi connectivity index (χ4v) is 2.10. The van der Waals surface area contributed by atoms with Crippen molar-refractivity contribution in [2.24, 2.45) is 5.73 Å². The normalized spacial score (nSPS) is 11.6. The summed E-state index contributed by atoms with van der Waals surface area (Å²) in [5.74, 6) is 5.61. The first-order valence-corrected chi connectivity index (χ1v) is 6.63. The van der Waals surface area contributed by atoms with Crippen molar-refractivity contribution in [3.63, 3.8) is 0 Å². The average Bonchev–Trinajstić information content (AvgIpc) is 2.81. The monoisotopic (exact) mass is 266 g/mol. The Morgan fingerprint density at radius 3 is 3.00 bits per heavy atom. The Morgan fingerprint density at radius 2 is 2.39 bits per heavy atom. The summed E-state index contributed by atoms with van der Waals surface area (Å²) in [6.07, 6.45) is 0.181. The average molecular weight is 266 g/mol. The molecule has 1 amide bonds. The van der Waals surface area contributed by atoms with Gasteiger partial charge in [-0.3, -0.25) is 4.79 Å². The molecule has 5 heteroatoms. The molecular weight excluding hydrogens is 248 g/mol. The predicted octanol–water partition coefficient (Wildman–Crippen LogP) is 0.901. The van der Waals surface area contributed by atoms with Gasteiger partial charge in [0.15, 0.2) is 0 Å². The van der Waals surface area contributed by atoms with Gasteiger partial charge in [-0.05, 0) is 19.4 Å². The number of hydrogen-bond donors (Lipinski definition) is 2. The summed E-state index contributed by atoms with van der Waals surface area (Å²) in [7, 11) is 1.73. The topological polar surface area (TPSA) is 66.6 Å². The second kappa shape index (κ2) is 7.17. The Hall–Kier alpha value is -1.35. The lowest BCUT2D eigenvalue weighted by Gasteiger charge is -2.17. The van der Waals surface area contributed by atoms with Crippen molar-refractivity contribution in [3.8, 4) is 11.8 Å². The van der Waals surface area contributed by atoms with E-state index in [2.05, 4.69) is 11.8 Å². The number of aliphatic hydroxyl groups is 1. The summed E-state index contributed by atoms with van der Waals surface area (Å²) in [6, 6.07) is 1.77. The molecule has 1 aromatic heterocycles. The number of thiophene rings is 1. The van der Waals surface area contributed by atoms with Crippen LogP contribution in [-0.4, -0.2) is 42.2 Å². The zero-order valence-corrected chi connectivity index (χ0v) is 11.5. The SMILES string of the molecule is CC(O)CCN(C)C(=O)c1csc(C#CCN)c1. The highest BCUT2D eigenvalue weighted by molar-refractivity contribution is 7.10.